The first-order valence-corrected chi connectivity index (χ1v) is 11.4. The van der Waals surface area contributed by atoms with E-state index in [1.54, 1.807) is 0 Å². The molecule has 0 unspecified atom stereocenters. The lowest BCUT2D eigenvalue weighted by molar-refractivity contribution is -0.125. The maximum absolute atomic E-state index is 12.9. The predicted molar refractivity (Wildman–Crippen MR) is 128 cm³/mol. The third-order valence-electron chi connectivity index (χ3n) is 6.94. The Balaban J connectivity index is 1.26. The third kappa shape index (κ3) is 4.10. The minimum absolute atomic E-state index is 0.150. The number of amides is 1. The Kier molecular flexibility index (Phi) is 5.61. The van der Waals surface area contributed by atoms with E-state index in [9.17, 15) is 4.79 Å². The minimum Gasteiger partial charge on any atom is -0.339 e. The van der Waals surface area contributed by atoms with Crippen LogP contribution in [0.15, 0.2) is 61.1 Å². The van der Waals surface area contributed by atoms with Crippen LogP contribution < -0.4 is 10.2 Å². The molecular formula is C26H28N6O. The minimum atomic E-state index is -0.463. The monoisotopic (exact) mass is 440 g/mol. The highest BCUT2D eigenvalue weighted by molar-refractivity contribution is 5.93. The lowest BCUT2D eigenvalue weighted by Gasteiger charge is -2.43. The summed E-state index contributed by atoms with van der Waals surface area (Å²) in [5.41, 5.74) is 4.82. The molecule has 168 valence electrons. The van der Waals surface area contributed by atoms with Gasteiger partial charge in [-0.1, -0.05) is 36.4 Å². The zero-order valence-corrected chi connectivity index (χ0v) is 18.9. The quantitative estimate of drug-likeness (QED) is 0.615. The SMILES string of the molecule is [C-]#[N+]c1ccc(Cn2cncc2CN2CCC3(CC2)C(=O)NCN3c2cccc(C)c2)cc1. The number of benzene rings is 2. The molecule has 1 N–H and O–H groups in total. The van der Waals surface area contributed by atoms with Crippen LogP contribution >= 0.6 is 0 Å². The number of piperidine rings is 1. The molecule has 0 atom stereocenters. The van der Waals surface area contributed by atoms with E-state index in [2.05, 4.69) is 60.7 Å². The Labute approximate surface area is 194 Å². The number of aromatic nitrogens is 2. The molecule has 2 aliphatic rings. The smallest absolute Gasteiger partial charge is 0.247 e. The van der Waals surface area contributed by atoms with Gasteiger partial charge in [-0.3, -0.25) is 9.69 Å². The van der Waals surface area contributed by atoms with Gasteiger partial charge in [-0.15, -0.1) is 0 Å². The van der Waals surface area contributed by atoms with Gasteiger partial charge >= 0.3 is 0 Å². The number of likely N-dealkylation sites (tertiary alicyclic amines) is 1. The van der Waals surface area contributed by atoms with Gasteiger partial charge < -0.3 is 14.8 Å². The first kappa shape index (κ1) is 21.2. The summed E-state index contributed by atoms with van der Waals surface area (Å²) in [4.78, 5) is 25.5. The van der Waals surface area contributed by atoms with Crippen molar-refractivity contribution in [1.82, 2.24) is 19.8 Å². The largest absolute Gasteiger partial charge is 0.339 e. The Bertz CT molecular complexity index is 1180. The molecule has 0 saturated carbocycles. The lowest BCUT2D eigenvalue weighted by Crippen LogP contribution is -2.56. The molecule has 1 amide bonds. The normalized spacial score (nSPS) is 17.8. The van der Waals surface area contributed by atoms with Crippen molar-refractivity contribution < 1.29 is 4.79 Å². The van der Waals surface area contributed by atoms with Crippen molar-refractivity contribution in [3.8, 4) is 0 Å². The number of anilines is 1. The van der Waals surface area contributed by atoms with Crippen LogP contribution in [0.1, 0.15) is 29.7 Å². The molecule has 2 fully saturated rings. The van der Waals surface area contributed by atoms with Crippen molar-refractivity contribution in [2.75, 3.05) is 24.7 Å². The first-order chi connectivity index (χ1) is 16.1. The fourth-order valence-electron chi connectivity index (χ4n) is 5.03. The third-order valence-corrected chi connectivity index (χ3v) is 6.94. The number of rotatable bonds is 5. The van der Waals surface area contributed by atoms with Crippen LogP contribution in [0.25, 0.3) is 4.85 Å². The van der Waals surface area contributed by atoms with E-state index in [1.807, 2.05) is 36.8 Å². The van der Waals surface area contributed by atoms with Crippen LogP contribution in [0.3, 0.4) is 0 Å². The van der Waals surface area contributed by atoms with Gasteiger partial charge in [0.25, 0.3) is 0 Å². The Morgan fingerprint density at radius 3 is 2.64 bits per heavy atom. The van der Waals surface area contributed by atoms with Crippen molar-refractivity contribution >= 4 is 17.3 Å². The van der Waals surface area contributed by atoms with Crippen molar-refractivity contribution in [3.63, 3.8) is 0 Å². The molecule has 3 aromatic rings. The topological polar surface area (TPSA) is 57.8 Å². The molecule has 2 aliphatic heterocycles. The van der Waals surface area contributed by atoms with E-state index < -0.39 is 5.54 Å². The Morgan fingerprint density at radius 2 is 1.91 bits per heavy atom. The second-order valence-electron chi connectivity index (χ2n) is 9.03. The van der Waals surface area contributed by atoms with E-state index in [0.29, 0.717) is 12.4 Å². The van der Waals surface area contributed by atoms with Gasteiger partial charge in [0.2, 0.25) is 5.91 Å². The van der Waals surface area contributed by atoms with Crippen LogP contribution in [0.5, 0.6) is 0 Å². The molecular weight excluding hydrogens is 412 g/mol. The molecule has 5 rings (SSSR count). The van der Waals surface area contributed by atoms with Crippen molar-refractivity contribution in [2.45, 2.75) is 38.4 Å². The summed E-state index contributed by atoms with van der Waals surface area (Å²) in [5, 5.41) is 3.09. The highest BCUT2D eigenvalue weighted by atomic mass is 16.2. The molecule has 2 saturated heterocycles. The number of carbonyl (C=O) groups excluding carboxylic acids is 1. The summed E-state index contributed by atoms with van der Waals surface area (Å²) in [6.07, 6.45) is 5.41. The molecule has 7 heteroatoms. The van der Waals surface area contributed by atoms with Crippen LogP contribution in [-0.2, 0) is 17.9 Å². The summed E-state index contributed by atoms with van der Waals surface area (Å²) in [6, 6.07) is 16.1. The van der Waals surface area contributed by atoms with E-state index >= 15 is 0 Å². The summed E-state index contributed by atoms with van der Waals surface area (Å²) >= 11 is 0. The summed E-state index contributed by atoms with van der Waals surface area (Å²) < 4.78 is 2.17. The molecule has 33 heavy (non-hydrogen) atoms. The summed E-state index contributed by atoms with van der Waals surface area (Å²) in [5.74, 6) is 0.150. The lowest BCUT2D eigenvalue weighted by atomic mass is 9.85. The molecule has 0 radical (unpaired) electrons. The highest BCUT2D eigenvalue weighted by Crippen LogP contribution is 2.36. The second kappa shape index (κ2) is 8.72. The number of nitrogens with zero attached hydrogens (tertiary/aromatic N) is 5. The molecule has 7 nitrogen and oxygen atoms in total. The average molecular weight is 441 g/mol. The zero-order chi connectivity index (χ0) is 22.8. The van der Waals surface area contributed by atoms with Crippen molar-refractivity contribution in [3.05, 3.63) is 89.3 Å². The van der Waals surface area contributed by atoms with Crippen LogP contribution in [0, 0.1) is 13.5 Å². The summed E-state index contributed by atoms with van der Waals surface area (Å²) in [6.45, 7) is 13.0. The van der Waals surface area contributed by atoms with Gasteiger partial charge in [-0.05, 0) is 43.0 Å². The number of aryl methyl sites for hydroxylation is 1. The molecule has 0 aliphatic carbocycles. The molecule has 3 heterocycles. The Hall–Kier alpha value is -3.63. The van der Waals surface area contributed by atoms with E-state index in [-0.39, 0.29) is 5.91 Å². The highest BCUT2D eigenvalue weighted by Gasteiger charge is 2.50. The van der Waals surface area contributed by atoms with E-state index in [0.717, 1.165) is 56.0 Å². The summed E-state index contributed by atoms with van der Waals surface area (Å²) in [7, 11) is 0. The predicted octanol–water partition coefficient (Wildman–Crippen LogP) is 3.72. The standard InChI is InChI=1S/C26H28N6O/c1-20-4-3-5-23(14-20)32-19-29-25(33)26(32)10-12-30(13-11-26)17-24-15-28-18-31(24)16-21-6-8-22(27-2)9-7-21/h3-9,14-15,18H,10-13,16-17,19H2,1H3,(H,29,33). The van der Waals surface area contributed by atoms with Gasteiger partial charge in [-0.2, -0.15) is 0 Å². The number of nitrogens with one attached hydrogen (secondary N) is 1. The zero-order valence-electron chi connectivity index (χ0n) is 18.9. The Morgan fingerprint density at radius 1 is 1.12 bits per heavy atom. The molecule has 0 bridgehead atoms. The van der Waals surface area contributed by atoms with Gasteiger partial charge in [0.05, 0.1) is 25.3 Å². The van der Waals surface area contributed by atoms with Crippen LogP contribution in [0.4, 0.5) is 11.4 Å². The number of imidazole rings is 1. The van der Waals surface area contributed by atoms with Gasteiger partial charge in [0, 0.05) is 38.1 Å². The van der Waals surface area contributed by atoms with Crippen LogP contribution in [-0.4, -0.2) is 45.7 Å². The van der Waals surface area contributed by atoms with Gasteiger partial charge in [-0.25, -0.2) is 9.83 Å². The van der Waals surface area contributed by atoms with Gasteiger partial charge in [0.1, 0.15) is 5.54 Å². The molecule has 1 spiro atoms. The van der Waals surface area contributed by atoms with Crippen molar-refractivity contribution in [2.24, 2.45) is 0 Å². The van der Waals surface area contributed by atoms with E-state index in [1.165, 1.54) is 5.56 Å². The fraction of sp³-hybridized carbons (Fsp3) is 0.346. The molecule has 1 aromatic heterocycles. The first-order valence-electron chi connectivity index (χ1n) is 11.4. The second-order valence-corrected chi connectivity index (χ2v) is 9.03. The molecule has 2 aromatic carbocycles. The van der Waals surface area contributed by atoms with Crippen molar-refractivity contribution in [1.29, 1.82) is 0 Å². The number of hydrogen-bond donors (Lipinski definition) is 1. The number of hydrogen-bond acceptors (Lipinski definition) is 4. The van der Waals surface area contributed by atoms with E-state index in [4.69, 9.17) is 6.57 Å². The average Bonchev–Trinajstić information content (AvgIpc) is 3.40. The maximum atomic E-state index is 12.9. The number of carbonyl (C=O) groups is 1. The van der Waals surface area contributed by atoms with Gasteiger partial charge in [0.15, 0.2) is 5.69 Å². The maximum Gasteiger partial charge on any atom is 0.247 e. The fourth-order valence-corrected chi connectivity index (χ4v) is 5.03. The van der Waals surface area contributed by atoms with Crippen LogP contribution in [0.2, 0.25) is 0 Å².